The van der Waals surface area contributed by atoms with Crippen molar-refractivity contribution in [1.29, 1.82) is 0 Å². The molecule has 3 fully saturated rings. The van der Waals surface area contributed by atoms with E-state index in [-0.39, 0.29) is 23.7 Å². The molecule has 2 aliphatic heterocycles. The summed E-state index contributed by atoms with van der Waals surface area (Å²) in [5.41, 5.74) is 3.35. The summed E-state index contributed by atoms with van der Waals surface area (Å²) < 4.78 is 46.2. The summed E-state index contributed by atoms with van der Waals surface area (Å²) in [6.07, 6.45) is 3.12. The van der Waals surface area contributed by atoms with Crippen molar-refractivity contribution in [1.82, 2.24) is 19.7 Å². The van der Waals surface area contributed by atoms with Gasteiger partial charge in [-0.25, -0.2) is 13.2 Å². The van der Waals surface area contributed by atoms with E-state index in [9.17, 15) is 13.2 Å². The van der Waals surface area contributed by atoms with E-state index in [1.165, 1.54) is 0 Å². The fraction of sp³-hybridized carbons (Fsp3) is 0.500. The van der Waals surface area contributed by atoms with E-state index in [1.807, 2.05) is 30.3 Å². The number of anilines is 1. The first kappa shape index (κ1) is 23.5. The molecule has 194 valence electrons. The number of fused-ring (bicyclic) bond motifs is 3. The SMILES string of the molecule is Cc1cccc(N2CC3(CC(c4nnc5n4-c4ccc(Cl)cc4CN(CC(F)(F)C4CC4)C5)C3)C2)c1F. The van der Waals surface area contributed by atoms with E-state index in [1.54, 1.807) is 17.9 Å². The zero-order chi connectivity index (χ0) is 25.5. The van der Waals surface area contributed by atoms with E-state index < -0.39 is 11.8 Å². The molecule has 7 rings (SSSR count). The molecule has 2 aromatic carbocycles. The van der Waals surface area contributed by atoms with Crippen molar-refractivity contribution in [3.63, 3.8) is 0 Å². The van der Waals surface area contributed by atoms with Crippen LogP contribution >= 0.6 is 11.6 Å². The maximum atomic E-state index is 14.7. The molecule has 2 aliphatic carbocycles. The number of halogens is 4. The molecule has 1 aromatic heterocycles. The van der Waals surface area contributed by atoms with E-state index in [2.05, 4.69) is 19.7 Å². The first-order valence-electron chi connectivity index (χ1n) is 13.0. The molecule has 37 heavy (non-hydrogen) atoms. The van der Waals surface area contributed by atoms with E-state index >= 15 is 0 Å². The normalized spacial score (nSPS) is 21.3. The summed E-state index contributed by atoms with van der Waals surface area (Å²) in [5.74, 6) is -1.54. The van der Waals surface area contributed by atoms with Gasteiger partial charge in [-0.1, -0.05) is 23.7 Å². The lowest BCUT2D eigenvalue weighted by Crippen LogP contribution is -2.62. The summed E-state index contributed by atoms with van der Waals surface area (Å²) in [6, 6.07) is 11.2. The van der Waals surface area contributed by atoms with Crippen LogP contribution in [0.4, 0.5) is 18.9 Å². The maximum Gasteiger partial charge on any atom is 0.263 e. The Balaban J connectivity index is 1.13. The quantitative estimate of drug-likeness (QED) is 0.401. The van der Waals surface area contributed by atoms with Gasteiger partial charge in [-0.3, -0.25) is 9.47 Å². The standard InChI is InChI=1S/C28H29ClF3N5/c1-17-3-2-4-23(25(17)30)36-14-27(15-36)10-19(11-27)26-34-33-24-13-35(16-28(31,32)20-5-6-20)12-18-9-21(29)7-8-22(18)37(24)26/h2-4,7-9,19-20H,5-6,10-16H2,1H3. The van der Waals surface area contributed by atoms with Gasteiger partial charge in [-0.05, 0) is 68.0 Å². The lowest BCUT2D eigenvalue weighted by atomic mass is 9.57. The Morgan fingerprint density at radius 3 is 2.59 bits per heavy atom. The Morgan fingerprint density at radius 1 is 1.05 bits per heavy atom. The number of aromatic nitrogens is 3. The molecule has 1 saturated heterocycles. The highest BCUT2D eigenvalue weighted by Crippen LogP contribution is 2.57. The third-order valence-corrected chi connectivity index (χ3v) is 8.93. The predicted octanol–water partition coefficient (Wildman–Crippen LogP) is 6.11. The van der Waals surface area contributed by atoms with Crippen molar-refractivity contribution >= 4 is 17.3 Å². The van der Waals surface area contributed by atoms with Gasteiger partial charge in [-0.15, -0.1) is 10.2 Å². The van der Waals surface area contributed by atoms with Crippen LogP contribution < -0.4 is 4.90 Å². The molecule has 4 aliphatic rings. The molecule has 3 aromatic rings. The van der Waals surface area contributed by atoms with Crippen LogP contribution in [0, 0.1) is 24.1 Å². The zero-order valence-corrected chi connectivity index (χ0v) is 21.5. The Hall–Kier alpha value is -2.58. The van der Waals surface area contributed by atoms with E-state index in [4.69, 9.17) is 11.6 Å². The van der Waals surface area contributed by atoms with Gasteiger partial charge in [0, 0.05) is 41.9 Å². The molecule has 0 N–H and O–H groups in total. The van der Waals surface area contributed by atoms with Crippen molar-refractivity contribution in [3.8, 4) is 5.69 Å². The second kappa shape index (κ2) is 8.21. The van der Waals surface area contributed by atoms with Crippen molar-refractivity contribution in [2.45, 2.75) is 57.5 Å². The molecule has 3 heterocycles. The molecule has 0 amide bonds. The highest BCUT2D eigenvalue weighted by molar-refractivity contribution is 6.30. The van der Waals surface area contributed by atoms with Crippen LogP contribution in [0.25, 0.3) is 5.69 Å². The predicted molar refractivity (Wildman–Crippen MR) is 136 cm³/mol. The first-order chi connectivity index (χ1) is 17.7. The van der Waals surface area contributed by atoms with Crippen LogP contribution in [0.2, 0.25) is 5.02 Å². The van der Waals surface area contributed by atoms with Gasteiger partial charge in [0.25, 0.3) is 5.92 Å². The molecule has 0 atom stereocenters. The molecular formula is C28H29ClF3N5. The van der Waals surface area contributed by atoms with Crippen molar-refractivity contribution in [3.05, 3.63) is 70.0 Å². The van der Waals surface area contributed by atoms with E-state index in [0.29, 0.717) is 48.0 Å². The fourth-order valence-corrected chi connectivity index (χ4v) is 6.83. The third-order valence-electron chi connectivity index (χ3n) is 8.69. The van der Waals surface area contributed by atoms with Crippen molar-refractivity contribution in [2.75, 3.05) is 24.5 Å². The number of nitrogens with zero attached hydrogens (tertiary/aromatic N) is 5. The number of rotatable bonds is 5. The Labute approximate surface area is 219 Å². The summed E-state index contributed by atoms with van der Waals surface area (Å²) >= 11 is 6.32. The molecular weight excluding hydrogens is 499 g/mol. The zero-order valence-electron chi connectivity index (χ0n) is 20.7. The average Bonchev–Trinajstić information content (AvgIpc) is 3.60. The van der Waals surface area contributed by atoms with Crippen LogP contribution in [0.15, 0.2) is 36.4 Å². The van der Waals surface area contributed by atoms with Crippen LogP contribution in [0.3, 0.4) is 0 Å². The fourth-order valence-electron chi connectivity index (χ4n) is 6.64. The summed E-state index contributed by atoms with van der Waals surface area (Å²) in [5, 5.41) is 9.66. The number of hydrogen-bond donors (Lipinski definition) is 0. The van der Waals surface area contributed by atoms with Gasteiger partial charge in [-0.2, -0.15) is 0 Å². The molecule has 0 radical (unpaired) electrons. The van der Waals surface area contributed by atoms with Gasteiger partial charge >= 0.3 is 0 Å². The van der Waals surface area contributed by atoms with Crippen LogP contribution in [0.1, 0.15) is 54.4 Å². The molecule has 1 spiro atoms. The molecule has 0 unspecified atom stereocenters. The lowest BCUT2D eigenvalue weighted by Gasteiger charge is -2.59. The Morgan fingerprint density at radius 2 is 1.84 bits per heavy atom. The average molecular weight is 528 g/mol. The van der Waals surface area contributed by atoms with Gasteiger partial charge in [0.05, 0.1) is 24.5 Å². The van der Waals surface area contributed by atoms with Crippen LogP contribution in [-0.4, -0.2) is 45.2 Å². The highest BCUT2D eigenvalue weighted by Gasteiger charge is 2.54. The minimum Gasteiger partial charge on any atom is -0.368 e. The molecule has 0 bridgehead atoms. The molecule has 9 heteroatoms. The van der Waals surface area contributed by atoms with Gasteiger partial charge in [0.1, 0.15) is 11.6 Å². The van der Waals surface area contributed by atoms with Gasteiger partial charge < -0.3 is 4.90 Å². The van der Waals surface area contributed by atoms with Gasteiger partial charge in [0.15, 0.2) is 5.82 Å². The molecule has 5 nitrogen and oxygen atoms in total. The number of aryl methyl sites for hydroxylation is 1. The topological polar surface area (TPSA) is 37.2 Å². The minimum atomic E-state index is -2.70. The largest absolute Gasteiger partial charge is 0.368 e. The Kier molecular flexibility index (Phi) is 5.22. The third kappa shape index (κ3) is 3.95. The van der Waals surface area contributed by atoms with E-state index in [0.717, 1.165) is 43.0 Å². The number of alkyl halides is 2. The molecule has 2 saturated carbocycles. The maximum absolute atomic E-state index is 14.7. The second-order valence-electron chi connectivity index (χ2n) is 11.6. The van der Waals surface area contributed by atoms with Crippen molar-refractivity contribution in [2.24, 2.45) is 11.3 Å². The monoisotopic (exact) mass is 527 g/mol. The smallest absolute Gasteiger partial charge is 0.263 e. The number of benzene rings is 2. The van der Waals surface area contributed by atoms with Crippen LogP contribution in [-0.2, 0) is 13.1 Å². The Bertz CT molecular complexity index is 1370. The van der Waals surface area contributed by atoms with Crippen molar-refractivity contribution < 1.29 is 13.2 Å². The van der Waals surface area contributed by atoms with Crippen LogP contribution in [0.5, 0.6) is 0 Å². The summed E-state index contributed by atoms with van der Waals surface area (Å²) in [7, 11) is 0. The lowest BCUT2D eigenvalue weighted by molar-refractivity contribution is -0.0558. The minimum absolute atomic E-state index is 0.136. The number of hydrogen-bond acceptors (Lipinski definition) is 4. The highest BCUT2D eigenvalue weighted by atomic mass is 35.5. The summed E-state index contributed by atoms with van der Waals surface area (Å²) in [4.78, 5) is 3.91. The first-order valence-corrected chi connectivity index (χ1v) is 13.4. The second-order valence-corrected chi connectivity index (χ2v) is 12.1. The van der Waals surface area contributed by atoms with Gasteiger partial charge in [0.2, 0.25) is 0 Å². The summed E-state index contributed by atoms with van der Waals surface area (Å²) in [6.45, 7) is 3.89.